The maximum Gasteiger partial charge on any atom is 0.338 e. The molecule has 2 heterocycles. The molecule has 0 amide bonds. The molecule has 0 spiro atoms. The van der Waals surface area contributed by atoms with Crippen molar-refractivity contribution in [3.63, 3.8) is 0 Å². The van der Waals surface area contributed by atoms with Gasteiger partial charge in [-0.05, 0) is 5.56 Å². The summed E-state index contributed by atoms with van der Waals surface area (Å²) in [6, 6.07) is 9.43. The van der Waals surface area contributed by atoms with Crippen LogP contribution in [0, 0.1) is 0 Å². The molecule has 2 N–H and O–H groups in total. The number of hydrogen-bond donors (Lipinski definition) is 2. The fraction of sp³-hybridized carbons (Fsp3) is 0.462. The average Bonchev–Trinajstić information content (AvgIpc) is 2.88. The quantitative estimate of drug-likeness (QED) is 0.722. The number of ether oxygens (including phenoxy) is 3. The van der Waals surface area contributed by atoms with E-state index in [0.717, 1.165) is 5.56 Å². The van der Waals surface area contributed by atoms with Gasteiger partial charge in [-0.3, -0.25) is 0 Å². The van der Waals surface area contributed by atoms with Crippen LogP contribution in [-0.2, 0) is 25.6 Å². The molecule has 6 heteroatoms. The predicted molar refractivity (Wildman–Crippen MR) is 61.8 cm³/mol. The number of carbonyl (C=O) groups is 1. The first kappa shape index (κ1) is 12.6. The van der Waals surface area contributed by atoms with Gasteiger partial charge in [-0.1, -0.05) is 30.3 Å². The molecule has 2 saturated heterocycles. The summed E-state index contributed by atoms with van der Waals surface area (Å²) in [5.41, 5.74) is 0.938. The standard InChI is InChI=1S/C13H14O6/c14-8-10-11(18-12(8)16)9(15)13(19-10)17-6-7-4-2-1-3-5-7/h1-5,8-11,13-15H,6H2. The number of carbonyl (C=O) groups excluding carboxylic acids is 1. The fourth-order valence-electron chi connectivity index (χ4n) is 2.28. The molecule has 1 aromatic carbocycles. The molecule has 5 unspecified atom stereocenters. The normalized spacial score (nSPS) is 37.2. The summed E-state index contributed by atoms with van der Waals surface area (Å²) in [6.07, 6.45) is -5.07. The Morgan fingerprint density at radius 2 is 1.89 bits per heavy atom. The molecule has 0 bridgehead atoms. The van der Waals surface area contributed by atoms with Crippen LogP contribution in [0.1, 0.15) is 5.56 Å². The van der Waals surface area contributed by atoms with Gasteiger partial charge in [-0.25, -0.2) is 4.79 Å². The van der Waals surface area contributed by atoms with Crippen molar-refractivity contribution < 1.29 is 29.2 Å². The van der Waals surface area contributed by atoms with Crippen LogP contribution in [0.3, 0.4) is 0 Å². The van der Waals surface area contributed by atoms with Crippen molar-refractivity contribution in [3.05, 3.63) is 35.9 Å². The lowest BCUT2D eigenvalue weighted by Crippen LogP contribution is -2.33. The number of aliphatic hydroxyl groups excluding tert-OH is 2. The van der Waals surface area contributed by atoms with Crippen molar-refractivity contribution in [1.82, 2.24) is 0 Å². The van der Waals surface area contributed by atoms with Crippen molar-refractivity contribution >= 4 is 5.97 Å². The van der Waals surface area contributed by atoms with Gasteiger partial charge in [0.05, 0.1) is 6.61 Å². The molecule has 5 atom stereocenters. The van der Waals surface area contributed by atoms with E-state index in [2.05, 4.69) is 0 Å². The summed E-state index contributed by atoms with van der Waals surface area (Å²) in [6.45, 7) is 0.270. The average molecular weight is 266 g/mol. The van der Waals surface area contributed by atoms with Gasteiger partial charge in [0, 0.05) is 0 Å². The second-order valence-corrected chi connectivity index (χ2v) is 4.60. The van der Waals surface area contributed by atoms with Crippen LogP contribution in [0.5, 0.6) is 0 Å². The third-order valence-electron chi connectivity index (χ3n) is 3.29. The molecule has 2 aliphatic rings. The number of aliphatic hydroxyl groups is 2. The van der Waals surface area contributed by atoms with Gasteiger partial charge < -0.3 is 24.4 Å². The van der Waals surface area contributed by atoms with E-state index in [0.29, 0.717) is 0 Å². The highest BCUT2D eigenvalue weighted by Crippen LogP contribution is 2.32. The van der Waals surface area contributed by atoms with Gasteiger partial charge >= 0.3 is 5.97 Å². The summed E-state index contributed by atoms with van der Waals surface area (Å²) in [4.78, 5) is 11.1. The Labute approximate surface area is 109 Å². The van der Waals surface area contributed by atoms with Crippen LogP contribution in [0.25, 0.3) is 0 Å². The minimum absolute atomic E-state index is 0.270. The summed E-state index contributed by atoms with van der Waals surface area (Å²) in [5, 5.41) is 19.5. The Kier molecular flexibility index (Phi) is 3.24. The van der Waals surface area contributed by atoms with Gasteiger partial charge in [0.15, 0.2) is 18.5 Å². The Bertz CT molecular complexity index is 461. The largest absolute Gasteiger partial charge is 0.454 e. The Hall–Kier alpha value is -1.47. The minimum Gasteiger partial charge on any atom is -0.454 e. The molecule has 19 heavy (non-hydrogen) atoms. The van der Waals surface area contributed by atoms with E-state index in [4.69, 9.17) is 14.2 Å². The highest BCUT2D eigenvalue weighted by molar-refractivity contribution is 5.78. The Morgan fingerprint density at radius 1 is 1.16 bits per heavy atom. The molecule has 3 rings (SSSR count). The van der Waals surface area contributed by atoms with Crippen LogP contribution in [0.4, 0.5) is 0 Å². The van der Waals surface area contributed by atoms with Crippen LogP contribution < -0.4 is 0 Å². The SMILES string of the molecule is O=C1OC2C(O)C(OCc3ccccc3)OC2C1O. The summed E-state index contributed by atoms with van der Waals surface area (Å²) in [7, 11) is 0. The van der Waals surface area contributed by atoms with E-state index in [9.17, 15) is 15.0 Å². The zero-order chi connectivity index (χ0) is 13.4. The van der Waals surface area contributed by atoms with E-state index >= 15 is 0 Å². The van der Waals surface area contributed by atoms with Crippen LogP contribution in [-0.4, -0.2) is 46.9 Å². The zero-order valence-electron chi connectivity index (χ0n) is 10.0. The third kappa shape index (κ3) is 2.23. The summed E-state index contributed by atoms with van der Waals surface area (Å²) in [5.74, 6) is -0.768. The number of benzene rings is 1. The summed E-state index contributed by atoms with van der Waals surface area (Å²) >= 11 is 0. The highest BCUT2D eigenvalue weighted by atomic mass is 16.7. The number of hydrogen-bond acceptors (Lipinski definition) is 6. The molecule has 1 aromatic rings. The van der Waals surface area contributed by atoms with Gasteiger partial charge in [0.1, 0.15) is 12.2 Å². The maximum atomic E-state index is 11.1. The van der Waals surface area contributed by atoms with Gasteiger partial charge in [0.25, 0.3) is 0 Å². The lowest BCUT2D eigenvalue weighted by Gasteiger charge is -2.17. The lowest BCUT2D eigenvalue weighted by molar-refractivity contribution is -0.191. The van der Waals surface area contributed by atoms with Crippen LogP contribution in [0.15, 0.2) is 30.3 Å². The molecular formula is C13H14O6. The molecule has 2 fully saturated rings. The minimum atomic E-state index is -1.36. The molecule has 102 valence electrons. The van der Waals surface area contributed by atoms with Gasteiger partial charge in [0.2, 0.25) is 0 Å². The van der Waals surface area contributed by atoms with Gasteiger partial charge in [-0.2, -0.15) is 0 Å². The van der Waals surface area contributed by atoms with E-state index < -0.39 is 36.7 Å². The first-order chi connectivity index (χ1) is 9.16. The monoisotopic (exact) mass is 266 g/mol. The van der Waals surface area contributed by atoms with E-state index in [1.54, 1.807) is 0 Å². The molecule has 0 radical (unpaired) electrons. The topological polar surface area (TPSA) is 85.2 Å². The zero-order valence-corrected chi connectivity index (χ0v) is 10.0. The van der Waals surface area contributed by atoms with Crippen LogP contribution >= 0.6 is 0 Å². The van der Waals surface area contributed by atoms with Crippen molar-refractivity contribution in [3.8, 4) is 0 Å². The number of rotatable bonds is 3. The van der Waals surface area contributed by atoms with Crippen molar-refractivity contribution in [2.45, 2.75) is 37.3 Å². The maximum absolute atomic E-state index is 11.1. The van der Waals surface area contributed by atoms with Gasteiger partial charge in [-0.15, -0.1) is 0 Å². The van der Waals surface area contributed by atoms with Crippen molar-refractivity contribution in [2.75, 3.05) is 0 Å². The molecular weight excluding hydrogens is 252 g/mol. The first-order valence-electron chi connectivity index (χ1n) is 6.04. The molecule has 0 aliphatic carbocycles. The van der Waals surface area contributed by atoms with E-state index in [1.165, 1.54) is 0 Å². The second kappa shape index (κ2) is 4.90. The highest BCUT2D eigenvalue weighted by Gasteiger charge is 2.56. The lowest BCUT2D eigenvalue weighted by atomic mass is 10.1. The number of esters is 1. The molecule has 0 saturated carbocycles. The molecule has 2 aliphatic heterocycles. The van der Waals surface area contributed by atoms with Crippen LogP contribution in [0.2, 0.25) is 0 Å². The van der Waals surface area contributed by atoms with E-state index in [-0.39, 0.29) is 6.61 Å². The van der Waals surface area contributed by atoms with Crippen molar-refractivity contribution in [1.29, 1.82) is 0 Å². The predicted octanol–water partition coefficient (Wildman–Crippen LogP) is -0.425. The third-order valence-corrected chi connectivity index (χ3v) is 3.29. The first-order valence-corrected chi connectivity index (χ1v) is 6.04. The second-order valence-electron chi connectivity index (χ2n) is 4.60. The van der Waals surface area contributed by atoms with Crippen molar-refractivity contribution in [2.24, 2.45) is 0 Å². The molecule has 0 aromatic heterocycles. The molecule has 6 nitrogen and oxygen atoms in total. The number of fused-ring (bicyclic) bond motifs is 1. The smallest absolute Gasteiger partial charge is 0.338 e. The Morgan fingerprint density at radius 3 is 2.58 bits per heavy atom. The fourth-order valence-corrected chi connectivity index (χ4v) is 2.28. The van der Waals surface area contributed by atoms with E-state index in [1.807, 2.05) is 30.3 Å². The summed E-state index contributed by atoms with van der Waals surface area (Å²) < 4.78 is 15.6. The Balaban J connectivity index is 1.61.